The summed E-state index contributed by atoms with van der Waals surface area (Å²) >= 11 is 0. The van der Waals surface area contributed by atoms with Gasteiger partial charge in [0.2, 0.25) is 0 Å². The quantitative estimate of drug-likeness (QED) is 0.0439. The first-order chi connectivity index (χ1) is 20.8. The van der Waals surface area contributed by atoms with Gasteiger partial charge in [-0.05, 0) is 93.1 Å². The monoisotopic (exact) mass is 606 g/mol. The number of ether oxygens (including phenoxy) is 2. The van der Waals surface area contributed by atoms with E-state index in [2.05, 4.69) is 48.5 Å². The summed E-state index contributed by atoms with van der Waals surface area (Å²) in [5.41, 5.74) is 1.67. The van der Waals surface area contributed by atoms with Crippen LogP contribution in [0.2, 0.25) is 0 Å². The first kappa shape index (κ1) is 33.7. The SMILES string of the molecule is C=Nc1ccc(OCCCCCCCCSSCCCCCCCCOc2ccc(N=Nc3ccccn3)cc2)cc1. The van der Waals surface area contributed by atoms with Crippen LogP contribution in [0.1, 0.15) is 77.0 Å². The molecule has 0 unspecified atom stereocenters. The molecular formula is C34H46N4O2S2. The van der Waals surface area contributed by atoms with E-state index in [9.17, 15) is 0 Å². The third-order valence-corrected chi connectivity index (χ3v) is 9.22. The van der Waals surface area contributed by atoms with E-state index >= 15 is 0 Å². The third-order valence-electron chi connectivity index (χ3n) is 6.64. The Balaban J connectivity index is 1.02. The lowest BCUT2D eigenvalue weighted by Crippen LogP contribution is -1.97. The molecule has 0 aliphatic carbocycles. The number of azo groups is 1. The number of rotatable bonds is 24. The first-order valence-corrected chi connectivity index (χ1v) is 17.8. The van der Waals surface area contributed by atoms with Crippen molar-refractivity contribution >= 4 is 45.5 Å². The van der Waals surface area contributed by atoms with Gasteiger partial charge >= 0.3 is 0 Å². The smallest absolute Gasteiger partial charge is 0.174 e. The van der Waals surface area contributed by atoms with E-state index < -0.39 is 0 Å². The summed E-state index contributed by atoms with van der Waals surface area (Å²) in [6.45, 7) is 5.09. The minimum Gasteiger partial charge on any atom is -0.494 e. The van der Waals surface area contributed by atoms with Crippen LogP contribution < -0.4 is 9.47 Å². The molecule has 226 valence electrons. The van der Waals surface area contributed by atoms with E-state index in [1.165, 1.54) is 75.7 Å². The van der Waals surface area contributed by atoms with Gasteiger partial charge in [-0.3, -0.25) is 4.99 Å². The average Bonchev–Trinajstić information content (AvgIpc) is 3.04. The van der Waals surface area contributed by atoms with Gasteiger partial charge in [0.15, 0.2) is 5.82 Å². The van der Waals surface area contributed by atoms with Crippen molar-refractivity contribution in [3.8, 4) is 11.5 Å². The maximum Gasteiger partial charge on any atom is 0.174 e. The molecule has 2 aromatic carbocycles. The summed E-state index contributed by atoms with van der Waals surface area (Å²) in [6, 6.07) is 21.1. The Morgan fingerprint density at radius 1 is 0.548 bits per heavy atom. The van der Waals surface area contributed by atoms with Gasteiger partial charge in [0.1, 0.15) is 11.5 Å². The van der Waals surface area contributed by atoms with Crippen LogP contribution in [0.25, 0.3) is 0 Å². The summed E-state index contributed by atoms with van der Waals surface area (Å²) < 4.78 is 11.7. The van der Waals surface area contributed by atoms with Crippen molar-refractivity contribution in [2.24, 2.45) is 15.2 Å². The van der Waals surface area contributed by atoms with Crippen LogP contribution in [0.15, 0.2) is 88.1 Å². The molecule has 0 saturated carbocycles. The molecule has 0 bridgehead atoms. The van der Waals surface area contributed by atoms with Gasteiger partial charge in [0.05, 0.1) is 24.6 Å². The minimum absolute atomic E-state index is 0.604. The van der Waals surface area contributed by atoms with Crippen molar-refractivity contribution in [3.05, 3.63) is 72.9 Å². The fourth-order valence-electron chi connectivity index (χ4n) is 4.22. The van der Waals surface area contributed by atoms with Crippen LogP contribution in [0.4, 0.5) is 17.2 Å². The standard InChI is InChI=1S/C34H46N4O2S2/c1-35-30-17-21-32(22-18-30)39-26-12-6-2-4-8-14-28-41-42-29-15-9-5-3-7-13-27-40-33-23-19-31(20-24-33)37-38-34-16-10-11-25-36-34/h10-11,16-25H,1-9,12-15,26-29H2. The second-order valence-corrected chi connectivity index (χ2v) is 12.8. The van der Waals surface area contributed by atoms with Gasteiger partial charge in [-0.2, -0.15) is 0 Å². The number of hydrogen-bond acceptors (Lipinski definition) is 8. The van der Waals surface area contributed by atoms with Gasteiger partial charge < -0.3 is 9.47 Å². The fraction of sp³-hybridized carbons (Fsp3) is 0.471. The Morgan fingerprint density at radius 2 is 1.05 bits per heavy atom. The Morgan fingerprint density at radius 3 is 1.55 bits per heavy atom. The summed E-state index contributed by atoms with van der Waals surface area (Å²) in [4.78, 5) is 8.04. The van der Waals surface area contributed by atoms with Crippen LogP contribution in [0, 0.1) is 0 Å². The maximum atomic E-state index is 5.87. The zero-order chi connectivity index (χ0) is 29.3. The van der Waals surface area contributed by atoms with Crippen molar-refractivity contribution in [2.75, 3.05) is 24.7 Å². The Bertz CT molecular complexity index is 1110. The predicted molar refractivity (Wildman–Crippen MR) is 182 cm³/mol. The molecule has 0 radical (unpaired) electrons. The number of nitrogens with zero attached hydrogens (tertiary/aromatic N) is 4. The highest BCUT2D eigenvalue weighted by molar-refractivity contribution is 8.76. The highest BCUT2D eigenvalue weighted by Gasteiger charge is 1.99. The van der Waals surface area contributed by atoms with E-state index in [-0.39, 0.29) is 0 Å². The number of benzene rings is 2. The molecule has 0 spiro atoms. The Kier molecular flexibility index (Phi) is 18.2. The van der Waals surface area contributed by atoms with Gasteiger partial charge in [-0.15, -0.1) is 10.2 Å². The van der Waals surface area contributed by atoms with Gasteiger partial charge in [-0.1, -0.05) is 79.0 Å². The lowest BCUT2D eigenvalue weighted by Gasteiger charge is -2.06. The molecule has 0 amide bonds. The van der Waals surface area contributed by atoms with Crippen LogP contribution in [-0.2, 0) is 0 Å². The van der Waals surface area contributed by atoms with Crippen LogP contribution >= 0.6 is 21.6 Å². The van der Waals surface area contributed by atoms with Gasteiger partial charge in [0.25, 0.3) is 0 Å². The van der Waals surface area contributed by atoms with Crippen LogP contribution in [0.3, 0.4) is 0 Å². The van der Waals surface area contributed by atoms with Crippen molar-refractivity contribution in [2.45, 2.75) is 77.0 Å². The minimum atomic E-state index is 0.604. The predicted octanol–water partition coefficient (Wildman–Crippen LogP) is 11.3. The highest BCUT2D eigenvalue weighted by atomic mass is 33.1. The summed E-state index contributed by atoms with van der Waals surface area (Å²) in [5.74, 6) is 4.96. The Labute approximate surface area is 260 Å². The lowest BCUT2D eigenvalue weighted by atomic mass is 10.1. The van der Waals surface area contributed by atoms with Crippen LogP contribution in [0.5, 0.6) is 11.5 Å². The second kappa shape index (κ2) is 22.7. The van der Waals surface area contributed by atoms with Gasteiger partial charge in [-0.25, -0.2) is 4.98 Å². The molecule has 0 fully saturated rings. The highest BCUT2D eigenvalue weighted by Crippen LogP contribution is 2.25. The van der Waals surface area contributed by atoms with Crippen molar-refractivity contribution < 1.29 is 9.47 Å². The third kappa shape index (κ3) is 16.0. The van der Waals surface area contributed by atoms with E-state index in [0.717, 1.165) is 48.9 Å². The number of aromatic nitrogens is 1. The molecule has 0 aliphatic heterocycles. The normalized spacial score (nSPS) is 11.1. The second-order valence-electron chi connectivity index (χ2n) is 10.1. The molecule has 3 rings (SSSR count). The topological polar surface area (TPSA) is 68.4 Å². The summed E-state index contributed by atoms with van der Waals surface area (Å²) in [7, 11) is 4.11. The molecule has 42 heavy (non-hydrogen) atoms. The zero-order valence-corrected chi connectivity index (χ0v) is 26.5. The molecule has 1 heterocycles. The maximum absolute atomic E-state index is 5.87. The molecule has 8 heteroatoms. The molecule has 1 aromatic heterocycles. The van der Waals surface area contributed by atoms with E-state index in [1.54, 1.807) is 6.20 Å². The largest absolute Gasteiger partial charge is 0.494 e. The number of unbranched alkanes of at least 4 members (excludes halogenated alkanes) is 10. The summed E-state index contributed by atoms with van der Waals surface area (Å²) in [5, 5.41) is 8.35. The molecule has 0 aliphatic rings. The number of hydrogen-bond donors (Lipinski definition) is 0. The zero-order valence-electron chi connectivity index (χ0n) is 24.9. The molecular weight excluding hydrogens is 561 g/mol. The van der Waals surface area contributed by atoms with Crippen molar-refractivity contribution in [1.29, 1.82) is 0 Å². The molecule has 0 atom stereocenters. The van der Waals surface area contributed by atoms with Crippen LogP contribution in [-0.4, -0.2) is 36.4 Å². The average molecular weight is 607 g/mol. The van der Waals surface area contributed by atoms with Crippen molar-refractivity contribution in [3.63, 3.8) is 0 Å². The van der Waals surface area contributed by atoms with E-state index in [4.69, 9.17) is 9.47 Å². The summed E-state index contributed by atoms with van der Waals surface area (Å²) in [6.07, 6.45) is 17.0. The molecule has 6 nitrogen and oxygen atoms in total. The van der Waals surface area contributed by atoms with E-state index in [0.29, 0.717) is 5.82 Å². The first-order valence-electron chi connectivity index (χ1n) is 15.3. The van der Waals surface area contributed by atoms with E-state index in [1.807, 2.05) is 66.7 Å². The Hall–Kier alpha value is -2.84. The number of pyridine rings is 1. The van der Waals surface area contributed by atoms with Gasteiger partial charge in [0, 0.05) is 17.7 Å². The number of aliphatic imine (C=N–C) groups is 1. The molecule has 0 N–H and O–H groups in total. The fourth-order valence-corrected chi connectivity index (χ4v) is 6.51. The molecule has 0 saturated heterocycles. The lowest BCUT2D eigenvalue weighted by molar-refractivity contribution is 0.304. The van der Waals surface area contributed by atoms with Crippen molar-refractivity contribution in [1.82, 2.24) is 4.98 Å². The molecule has 3 aromatic rings.